The van der Waals surface area contributed by atoms with E-state index in [1.165, 1.54) is 28.9 Å². The summed E-state index contributed by atoms with van der Waals surface area (Å²) in [7, 11) is 0. The Morgan fingerprint density at radius 2 is 1.19 bits per heavy atom. The first-order valence-electron chi connectivity index (χ1n) is 17.3. The number of carbonyl (C=O) groups is 4. The van der Waals surface area contributed by atoms with Crippen LogP contribution in [0.1, 0.15) is 135 Å². The highest BCUT2D eigenvalue weighted by atomic mass is 32.1. The van der Waals surface area contributed by atoms with E-state index in [1.54, 1.807) is 18.4 Å². The number of allylic oxidation sites excluding steroid dienone is 1. The van der Waals surface area contributed by atoms with Crippen LogP contribution >= 0.6 is 22.7 Å². The van der Waals surface area contributed by atoms with Crippen LogP contribution in [0, 0.1) is 0 Å². The molecule has 3 aliphatic rings. The molecule has 3 aromatic heterocycles. The summed E-state index contributed by atoms with van der Waals surface area (Å²) >= 11 is 2.69. The van der Waals surface area contributed by atoms with Gasteiger partial charge >= 0.3 is 0 Å². The number of rotatable bonds is 6. The van der Waals surface area contributed by atoms with Crippen LogP contribution in [0.4, 0.5) is 10.0 Å². The van der Waals surface area contributed by atoms with E-state index in [2.05, 4.69) is 25.8 Å². The van der Waals surface area contributed by atoms with E-state index < -0.39 is 34.2 Å². The van der Waals surface area contributed by atoms with Crippen LogP contribution in [0.25, 0.3) is 0 Å². The molecule has 0 unspecified atom stereocenters. The molecule has 0 saturated heterocycles. The van der Waals surface area contributed by atoms with Gasteiger partial charge in [0, 0.05) is 40.6 Å². The second-order valence-corrected chi connectivity index (χ2v) is 16.2. The Hall–Kier alpha value is -4.18. The predicted octanol–water partition coefficient (Wildman–Crippen LogP) is 6.84. The molecule has 284 valence electrons. The molecule has 0 atom stereocenters. The highest BCUT2D eigenvalue weighted by Gasteiger charge is 2.44. The molecule has 3 aromatic rings. The first-order valence-corrected chi connectivity index (χ1v) is 19.0. The SMILES string of the molecule is CC.CC.CC1(C)Cc2c(sc(NC(=O)C3=CC=NC3)c2C(N)=O)C(C)(C)O1.CC1(C)Cc2c(sc(NC(=O)c3ccn[nH]3)c2C(N)=O)C(C)(C)O1. The van der Waals surface area contributed by atoms with Gasteiger partial charge < -0.3 is 31.6 Å². The molecule has 52 heavy (non-hydrogen) atoms. The first kappa shape index (κ1) is 42.2. The quantitative estimate of drug-likeness (QED) is 0.181. The van der Waals surface area contributed by atoms with Crippen molar-refractivity contribution in [1.29, 1.82) is 0 Å². The van der Waals surface area contributed by atoms with Gasteiger partial charge in [0.1, 0.15) is 15.7 Å². The second kappa shape index (κ2) is 16.2. The third-order valence-corrected chi connectivity index (χ3v) is 10.9. The summed E-state index contributed by atoms with van der Waals surface area (Å²) in [6.07, 6.45) is 5.89. The zero-order valence-electron chi connectivity index (χ0n) is 32.2. The molecule has 6 rings (SSSR count). The number of aliphatic imine (C=N–C) groups is 1. The number of ether oxygens (including phenoxy) is 2. The largest absolute Gasteiger partial charge is 0.365 e. The monoisotopic (exact) mass is 755 g/mol. The molecule has 0 radical (unpaired) electrons. The number of fused-ring (bicyclic) bond motifs is 2. The average Bonchev–Trinajstić information content (AvgIpc) is 3.84. The summed E-state index contributed by atoms with van der Waals surface area (Å²) in [5.41, 5.74) is 12.7. The summed E-state index contributed by atoms with van der Waals surface area (Å²) in [6, 6.07) is 1.56. The number of nitrogens with two attached hydrogens (primary N) is 2. The molecule has 7 N–H and O–H groups in total. The van der Waals surface area contributed by atoms with Crippen LogP contribution in [0.15, 0.2) is 28.9 Å². The van der Waals surface area contributed by atoms with Crippen LogP contribution in [0.5, 0.6) is 0 Å². The summed E-state index contributed by atoms with van der Waals surface area (Å²) in [5.74, 6) is -1.72. The third kappa shape index (κ3) is 9.24. The molecule has 0 aromatic carbocycles. The van der Waals surface area contributed by atoms with Gasteiger partial charge in [0.15, 0.2) is 0 Å². The fourth-order valence-electron chi connectivity index (χ4n) is 6.57. The molecule has 0 aliphatic carbocycles. The van der Waals surface area contributed by atoms with E-state index in [0.717, 1.165) is 20.9 Å². The number of thiophene rings is 2. The fourth-order valence-corrected chi connectivity index (χ4v) is 9.08. The van der Waals surface area contributed by atoms with Gasteiger partial charge in [-0.15, -0.1) is 22.7 Å². The minimum Gasteiger partial charge on any atom is -0.365 e. The first-order chi connectivity index (χ1) is 24.2. The molecule has 0 saturated carbocycles. The average molecular weight is 756 g/mol. The Bertz CT molecular complexity index is 1860. The lowest BCUT2D eigenvalue weighted by Gasteiger charge is -2.41. The molecule has 15 heteroatoms. The Balaban J connectivity index is 0.000000256. The number of nitrogens with one attached hydrogen (secondary N) is 3. The number of aromatic amines is 1. The van der Waals surface area contributed by atoms with E-state index in [-0.39, 0.29) is 11.8 Å². The zero-order valence-corrected chi connectivity index (χ0v) is 33.9. The molecule has 0 spiro atoms. The lowest BCUT2D eigenvalue weighted by Crippen LogP contribution is -2.42. The van der Waals surface area contributed by atoms with Crippen molar-refractivity contribution in [2.45, 2.75) is 118 Å². The number of anilines is 2. The third-order valence-electron chi connectivity index (χ3n) is 8.00. The summed E-state index contributed by atoms with van der Waals surface area (Å²) in [5, 5.41) is 12.9. The number of amides is 4. The smallest absolute Gasteiger partial charge is 0.274 e. The van der Waals surface area contributed by atoms with Gasteiger partial charge in [0.05, 0.1) is 40.1 Å². The molecule has 4 amide bonds. The zero-order chi connectivity index (χ0) is 39.4. The van der Waals surface area contributed by atoms with Crippen LogP contribution in [-0.4, -0.2) is 57.8 Å². The predicted molar refractivity (Wildman–Crippen MR) is 209 cm³/mol. The van der Waals surface area contributed by atoms with Crippen molar-refractivity contribution in [3.63, 3.8) is 0 Å². The van der Waals surface area contributed by atoms with E-state index in [9.17, 15) is 19.2 Å². The lowest BCUT2D eigenvalue weighted by atomic mass is 9.86. The molecular formula is C37H53N7O6S2. The van der Waals surface area contributed by atoms with Gasteiger partial charge in [0.25, 0.3) is 23.6 Å². The standard InChI is InChI=1S/C17H21N3O3S.C16H20N4O3S.2C2H6/c1-16(2)7-10-11(13(18)21)15(24-12(10)17(3,4)23-16)20-14(22)9-5-6-19-8-9;1-15(2)7-8-10(12(17)21)14(24-11(8)16(3,4)23-15)19-13(22)9-5-6-18-20-9;2*1-2/h5-6H,7-8H2,1-4H3,(H2,18,21)(H,20,22);5-6H,7H2,1-4H3,(H2,17,21)(H,18,20)(H,19,22);2*1-2H3. The van der Waals surface area contributed by atoms with E-state index >= 15 is 0 Å². The van der Waals surface area contributed by atoms with Crippen LogP contribution < -0.4 is 22.1 Å². The second-order valence-electron chi connectivity index (χ2n) is 14.1. The number of hydrogen-bond acceptors (Lipinski definition) is 10. The maximum absolute atomic E-state index is 12.4. The van der Waals surface area contributed by atoms with Crippen molar-refractivity contribution < 1.29 is 28.7 Å². The molecule has 0 fully saturated rings. The van der Waals surface area contributed by atoms with E-state index in [0.29, 0.717) is 51.8 Å². The number of nitrogens with zero attached hydrogens (tertiary/aromatic N) is 2. The number of H-pyrrole nitrogens is 1. The number of primary amides is 2. The minimum atomic E-state index is -0.567. The molecule has 13 nitrogen and oxygen atoms in total. The van der Waals surface area contributed by atoms with Crippen LogP contribution in [0.3, 0.4) is 0 Å². The van der Waals surface area contributed by atoms with Crippen molar-refractivity contribution in [1.82, 2.24) is 10.2 Å². The highest BCUT2D eigenvalue weighted by Crippen LogP contribution is 2.49. The topological polar surface area (TPSA) is 204 Å². The van der Waals surface area contributed by atoms with E-state index in [4.69, 9.17) is 20.9 Å². The van der Waals surface area contributed by atoms with Gasteiger partial charge in [-0.05, 0) is 78.7 Å². The maximum Gasteiger partial charge on any atom is 0.274 e. The van der Waals surface area contributed by atoms with Gasteiger partial charge in [-0.25, -0.2) is 0 Å². The van der Waals surface area contributed by atoms with Gasteiger partial charge in [-0.3, -0.25) is 29.3 Å². The molecule has 3 aliphatic heterocycles. The maximum atomic E-state index is 12.4. The Morgan fingerprint density at radius 1 is 0.750 bits per heavy atom. The van der Waals surface area contributed by atoms with Crippen LogP contribution in [-0.2, 0) is 38.3 Å². The van der Waals surface area contributed by atoms with Crippen molar-refractivity contribution in [2.24, 2.45) is 16.5 Å². The Labute approximate surface area is 314 Å². The van der Waals surface area contributed by atoms with Crippen molar-refractivity contribution in [3.8, 4) is 0 Å². The summed E-state index contributed by atoms with van der Waals surface area (Å²) < 4.78 is 12.3. The lowest BCUT2D eigenvalue weighted by molar-refractivity contribution is -0.136. The van der Waals surface area contributed by atoms with Crippen molar-refractivity contribution in [3.05, 3.63) is 61.6 Å². The normalized spacial score (nSPS) is 18.0. The van der Waals surface area contributed by atoms with E-state index in [1.807, 2.05) is 83.1 Å². The Kier molecular flexibility index (Phi) is 13.2. The van der Waals surface area contributed by atoms with Crippen LogP contribution in [0.2, 0.25) is 0 Å². The summed E-state index contributed by atoms with van der Waals surface area (Å²) in [6.45, 7) is 24.1. The van der Waals surface area contributed by atoms with Gasteiger partial charge in [-0.2, -0.15) is 5.10 Å². The Morgan fingerprint density at radius 3 is 1.56 bits per heavy atom. The summed E-state index contributed by atoms with van der Waals surface area (Å²) in [4.78, 5) is 54.6. The van der Waals surface area contributed by atoms with Crippen molar-refractivity contribution in [2.75, 3.05) is 17.2 Å². The van der Waals surface area contributed by atoms with Crippen molar-refractivity contribution >= 4 is 62.5 Å². The highest BCUT2D eigenvalue weighted by molar-refractivity contribution is 7.17. The van der Waals surface area contributed by atoms with Gasteiger partial charge in [-0.1, -0.05) is 27.7 Å². The number of carbonyl (C=O) groups excluding carboxylic acids is 4. The molecule has 0 bridgehead atoms. The fraction of sp³-hybridized carbons (Fsp3) is 0.514. The number of hydrogen-bond donors (Lipinski definition) is 5. The number of aromatic nitrogens is 2. The molecule has 6 heterocycles. The minimum absolute atomic E-state index is 0.258. The molecular weight excluding hydrogens is 703 g/mol. The van der Waals surface area contributed by atoms with Gasteiger partial charge in [0.2, 0.25) is 0 Å².